The second-order valence-corrected chi connectivity index (χ2v) is 5.52. The fourth-order valence-corrected chi connectivity index (χ4v) is 2.62. The molecule has 1 aromatic heterocycles. The van der Waals surface area contributed by atoms with Crippen molar-refractivity contribution >= 4 is 23.3 Å². The Morgan fingerprint density at radius 1 is 1.42 bits per heavy atom. The number of carbonyl (C=O) groups excluding carboxylic acids is 1. The smallest absolute Gasteiger partial charge is 0.329 e. The van der Waals surface area contributed by atoms with Gasteiger partial charge < -0.3 is 15.7 Å². The van der Waals surface area contributed by atoms with E-state index in [2.05, 4.69) is 10.6 Å². The maximum atomic E-state index is 11.8. The topological polar surface area (TPSA) is 78.4 Å². The molecule has 1 heterocycles. The zero-order chi connectivity index (χ0) is 14.5. The predicted octanol–water partition coefficient (Wildman–Crippen LogP) is 2.50. The third kappa shape index (κ3) is 4.24. The molecule has 1 aromatic rings. The van der Waals surface area contributed by atoms with E-state index < -0.39 is 17.5 Å². The lowest BCUT2D eigenvalue weighted by molar-refractivity contribution is -0.144. The van der Waals surface area contributed by atoms with Crippen LogP contribution >= 0.6 is 11.3 Å². The normalized spacial score (nSPS) is 13.6. The van der Waals surface area contributed by atoms with Crippen molar-refractivity contribution in [3.63, 3.8) is 0 Å². The Labute approximate surface area is 117 Å². The predicted molar refractivity (Wildman–Crippen MR) is 75.4 cm³/mol. The highest BCUT2D eigenvalue weighted by molar-refractivity contribution is 7.08. The van der Waals surface area contributed by atoms with Gasteiger partial charge in [0.15, 0.2) is 0 Å². The van der Waals surface area contributed by atoms with Crippen LogP contribution in [0.25, 0.3) is 0 Å². The van der Waals surface area contributed by atoms with Crippen molar-refractivity contribution in [2.24, 2.45) is 0 Å². The molecule has 0 aliphatic carbocycles. The highest BCUT2D eigenvalue weighted by Gasteiger charge is 2.33. The standard InChI is InChI=1S/C13H20N2O3S/c1-4-5-13(3,11(16)17)15-12(18)14-6-10-8-19-7-9(10)2/h7-8H,4-6H2,1-3H3,(H,16,17)(H2,14,15,18). The lowest BCUT2D eigenvalue weighted by Crippen LogP contribution is -2.55. The van der Waals surface area contributed by atoms with Gasteiger partial charge in [-0.1, -0.05) is 13.3 Å². The first kappa shape index (κ1) is 15.5. The van der Waals surface area contributed by atoms with Crippen LogP contribution in [0.5, 0.6) is 0 Å². The van der Waals surface area contributed by atoms with Crippen molar-refractivity contribution < 1.29 is 14.7 Å². The molecule has 1 atom stereocenters. The molecule has 0 saturated heterocycles. The zero-order valence-corrected chi connectivity index (χ0v) is 12.3. The molecule has 106 valence electrons. The van der Waals surface area contributed by atoms with E-state index in [1.165, 1.54) is 6.92 Å². The van der Waals surface area contributed by atoms with E-state index in [0.717, 1.165) is 11.1 Å². The second-order valence-electron chi connectivity index (χ2n) is 4.77. The van der Waals surface area contributed by atoms with Crippen molar-refractivity contribution in [2.75, 3.05) is 0 Å². The number of nitrogens with one attached hydrogen (secondary N) is 2. The van der Waals surface area contributed by atoms with Gasteiger partial charge in [0.25, 0.3) is 0 Å². The van der Waals surface area contributed by atoms with Crippen LogP contribution in [0.15, 0.2) is 10.8 Å². The molecule has 0 aliphatic heterocycles. The third-order valence-corrected chi connectivity index (χ3v) is 3.92. The molecule has 2 amide bonds. The molecular weight excluding hydrogens is 264 g/mol. The molecule has 1 rings (SSSR count). The first-order chi connectivity index (χ1) is 8.89. The van der Waals surface area contributed by atoms with E-state index in [0.29, 0.717) is 19.4 Å². The summed E-state index contributed by atoms with van der Waals surface area (Å²) < 4.78 is 0. The summed E-state index contributed by atoms with van der Waals surface area (Å²) in [5, 5.41) is 18.4. The summed E-state index contributed by atoms with van der Waals surface area (Å²) in [5.41, 5.74) is 0.954. The average molecular weight is 284 g/mol. The van der Waals surface area contributed by atoms with Gasteiger partial charge in [0.1, 0.15) is 5.54 Å². The van der Waals surface area contributed by atoms with Crippen LogP contribution < -0.4 is 10.6 Å². The molecule has 0 fully saturated rings. The highest BCUT2D eigenvalue weighted by atomic mass is 32.1. The summed E-state index contributed by atoms with van der Waals surface area (Å²) in [5.74, 6) is -1.02. The Balaban J connectivity index is 2.54. The van der Waals surface area contributed by atoms with Crippen LogP contribution in [0.3, 0.4) is 0 Å². The number of amides is 2. The molecule has 5 nitrogen and oxygen atoms in total. The monoisotopic (exact) mass is 284 g/mol. The number of carboxylic acid groups (broad SMARTS) is 1. The zero-order valence-electron chi connectivity index (χ0n) is 11.4. The number of aliphatic carboxylic acids is 1. The summed E-state index contributed by atoms with van der Waals surface area (Å²) in [6.07, 6.45) is 1.08. The first-order valence-electron chi connectivity index (χ1n) is 6.20. The van der Waals surface area contributed by atoms with Gasteiger partial charge >= 0.3 is 12.0 Å². The molecule has 0 aromatic carbocycles. The molecule has 0 bridgehead atoms. The van der Waals surface area contributed by atoms with E-state index in [4.69, 9.17) is 5.11 Å². The van der Waals surface area contributed by atoms with Gasteiger partial charge in [0.2, 0.25) is 0 Å². The van der Waals surface area contributed by atoms with Crippen LogP contribution in [0.2, 0.25) is 0 Å². The molecular formula is C13H20N2O3S. The fourth-order valence-electron chi connectivity index (χ4n) is 1.76. The number of hydrogen-bond donors (Lipinski definition) is 3. The Morgan fingerprint density at radius 2 is 2.11 bits per heavy atom. The minimum atomic E-state index is -1.22. The number of hydrogen-bond acceptors (Lipinski definition) is 3. The fraction of sp³-hybridized carbons (Fsp3) is 0.538. The minimum absolute atomic E-state index is 0.396. The molecule has 0 saturated carbocycles. The first-order valence-corrected chi connectivity index (χ1v) is 7.14. The van der Waals surface area contributed by atoms with Gasteiger partial charge in [0.05, 0.1) is 0 Å². The van der Waals surface area contributed by atoms with E-state index in [1.54, 1.807) is 11.3 Å². The van der Waals surface area contributed by atoms with Crippen LogP contribution in [0.1, 0.15) is 37.8 Å². The molecule has 0 radical (unpaired) electrons. The van der Waals surface area contributed by atoms with Gasteiger partial charge in [-0.15, -0.1) is 0 Å². The van der Waals surface area contributed by atoms with Gasteiger partial charge in [-0.2, -0.15) is 11.3 Å². The van der Waals surface area contributed by atoms with Gasteiger partial charge in [-0.05, 0) is 42.2 Å². The molecule has 19 heavy (non-hydrogen) atoms. The molecule has 0 aliphatic rings. The number of aryl methyl sites for hydroxylation is 1. The van der Waals surface area contributed by atoms with Crippen LogP contribution in [0.4, 0.5) is 4.79 Å². The molecule has 0 spiro atoms. The van der Waals surface area contributed by atoms with E-state index in [1.807, 2.05) is 24.6 Å². The summed E-state index contributed by atoms with van der Waals surface area (Å²) in [7, 11) is 0. The van der Waals surface area contributed by atoms with Crippen molar-refractivity contribution in [1.29, 1.82) is 0 Å². The van der Waals surface area contributed by atoms with Crippen LogP contribution in [-0.4, -0.2) is 22.6 Å². The van der Waals surface area contributed by atoms with Crippen molar-refractivity contribution in [2.45, 2.75) is 45.7 Å². The highest BCUT2D eigenvalue weighted by Crippen LogP contribution is 2.14. The minimum Gasteiger partial charge on any atom is -0.480 e. The number of thiophene rings is 1. The van der Waals surface area contributed by atoms with Crippen LogP contribution in [0, 0.1) is 6.92 Å². The van der Waals surface area contributed by atoms with Crippen molar-refractivity contribution in [3.8, 4) is 0 Å². The summed E-state index contributed by atoms with van der Waals surface area (Å²) in [6.45, 7) is 5.79. The largest absolute Gasteiger partial charge is 0.480 e. The third-order valence-electron chi connectivity index (χ3n) is 3.01. The van der Waals surface area contributed by atoms with Gasteiger partial charge in [-0.3, -0.25) is 0 Å². The SMILES string of the molecule is CCCC(C)(NC(=O)NCc1cscc1C)C(=O)O. The maximum Gasteiger partial charge on any atom is 0.329 e. The lowest BCUT2D eigenvalue weighted by Gasteiger charge is -2.25. The Bertz CT molecular complexity index is 458. The van der Waals surface area contributed by atoms with Crippen molar-refractivity contribution in [3.05, 3.63) is 21.9 Å². The average Bonchev–Trinajstić information content (AvgIpc) is 2.72. The maximum absolute atomic E-state index is 11.8. The quantitative estimate of drug-likeness (QED) is 0.751. The molecule has 3 N–H and O–H groups in total. The lowest BCUT2D eigenvalue weighted by atomic mass is 9.97. The Hall–Kier alpha value is -1.56. The van der Waals surface area contributed by atoms with Crippen molar-refractivity contribution in [1.82, 2.24) is 10.6 Å². The molecule has 1 unspecified atom stereocenters. The van der Waals surface area contributed by atoms with Gasteiger partial charge in [0, 0.05) is 6.54 Å². The molecule has 6 heteroatoms. The second kappa shape index (κ2) is 6.56. The van der Waals surface area contributed by atoms with Crippen LogP contribution in [-0.2, 0) is 11.3 Å². The summed E-state index contributed by atoms with van der Waals surface area (Å²) in [4.78, 5) is 23.0. The number of urea groups is 1. The Kier molecular flexibility index (Phi) is 5.35. The van der Waals surface area contributed by atoms with E-state index in [-0.39, 0.29) is 0 Å². The number of carbonyl (C=O) groups is 2. The Morgan fingerprint density at radius 3 is 2.58 bits per heavy atom. The number of carboxylic acids is 1. The van der Waals surface area contributed by atoms with E-state index >= 15 is 0 Å². The summed E-state index contributed by atoms with van der Waals surface area (Å²) >= 11 is 1.58. The van der Waals surface area contributed by atoms with Gasteiger partial charge in [-0.25, -0.2) is 9.59 Å². The summed E-state index contributed by atoms with van der Waals surface area (Å²) in [6, 6.07) is -0.455. The number of rotatable bonds is 6. The van der Waals surface area contributed by atoms with E-state index in [9.17, 15) is 9.59 Å².